The van der Waals surface area contributed by atoms with Gasteiger partial charge in [0.1, 0.15) is 5.75 Å². The van der Waals surface area contributed by atoms with Crippen molar-refractivity contribution < 1.29 is 14.4 Å². The van der Waals surface area contributed by atoms with Crippen LogP contribution in [0, 0.1) is 0 Å². The van der Waals surface area contributed by atoms with Crippen LogP contribution in [0.25, 0.3) is 6.08 Å². The zero-order valence-corrected chi connectivity index (χ0v) is 13.6. The first-order valence-corrected chi connectivity index (χ1v) is 7.30. The quantitative estimate of drug-likeness (QED) is 0.458. The molecule has 0 saturated carbocycles. The second-order valence-electron chi connectivity index (χ2n) is 4.72. The summed E-state index contributed by atoms with van der Waals surface area (Å²) in [5.74, 6) is 0.267. The molecule has 0 saturated heterocycles. The van der Waals surface area contributed by atoms with Gasteiger partial charge in [-0.25, -0.2) is 4.79 Å². The number of rotatable bonds is 5. The van der Waals surface area contributed by atoms with E-state index in [-0.39, 0.29) is 0 Å². The molecule has 2 aromatic carbocycles. The van der Waals surface area contributed by atoms with Crippen molar-refractivity contribution in [1.82, 2.24) is 0 Å². The highest BCUT2D eigenvalue weighted by molar-refractivity contribution is 6.30. The molecule has 0 aliphatic carbocycles. The van der Waals surface area contributed by atoms with Crippen molar-refractivity contribution in [3.05, 3.63) is 70.8 Å². The van der Waals surface area contributed by atoms with Crippen LogP contribution in [0.4, 0.5) is 0 Å². The summed E-state index contributed by atoms with van der Waals surface area (Å²) < 4.78 is 5.10. The zero-order chi connectivity index (χ0) is 16.7. The summed E-state index contributed by atoms with van der Waals surface area (Å²) in [5.41, 5.74) is 1.96. The maximum Gasteiger partial charge on any atom is 0.365 e. The average Bonchev–Trinajstić information content (AvgIpc) is 2.59. The number of ether oxygens (including phenoxy) is 1. The van der Waals surface area contributed by atoms with Gasteiger partial charge < -0.3 is 9.57 Å². The summed E-state index contributed by atoms with van der Waals surface area (Å²) in [7, 11) is 1.62. The minimum Gasteiger partial charge on any atom is -0.497 e. The Labute approximate surface area is 140 Å². The molecule has 0 aliphatic rings. The van der Waals surface area contributed by atoms with E-state index in [0.29, 0.717) is 16.3 Å². The number of methoxy groups -OCH3 is 1. The van der Waals surface area contributed by atoms with Crippen molar-refractivity contribution in [2.75, 3.05) is 7.11 Å². The lowest BCUT2D eigenvalue weighted by Crippen LogP contribution is -2.01. The Bertz CT molecular complexity index is 719. The van der Waals surface area contributed by atoms with Crippen LogP contribution in [-0.4, -0.2) is 18.8 Å². The van der Waals surface area contributed by atoms with Crippen LogP contribution < -0.4 is 4.74 Å². The van der Waals surface area contributed by atoms with Gasteiger partial charge in [-0.2, -0.15) is 0 Å². The number of halogens is 1. The van der Waals surface area contributed by atoms with Crippen molar-refractivity contribution in [2.45, 2.75) is 6.92 Å². The van der Waals surface area contributed by atoms with E-state index in [9.17, 15) is 4.79 Å². The first kappa shape index (κ1) is 16.8. The number of nitrogens with zero attached hydrogens (tertiary/aromatic N) is 1. The van der Waals surface area contributed by atoms with E-state index in [2.05, 4.69) is 5.16 Å². The minimum atomic E-state index is -0.529. The smallest absolute Gasteiger partial charge is 0.365 e. The molecule has 0 radical (unpaired) electrons. The molecule has 0 spiro atoms. The standard InChI is InChI=1S/C18H16ClNO3/c1-13(3-4-14-5-11-17(22-2)12-6-14)20-23-18(21)15-7-9-16(19)10-8-15/h3-12H,1-2H3. The Morgan fingerprint density at radius 2 is 1.74 bits per heavy atom. The van der Waals surface area contributed by atoms with Gasteiger partial charge in [-0.1, -0.05) is 35.0 Å². The molecule has 118 valence electrons. The predicted octanol–water partition coefficient (Wildman–Crippen LogP) is 4.59. The van der Waals surface area contributed by atoms with Crippen LogP contribution in [0.5, 0.6) is 5.75 Å². The highest BCUT2D eigenvalue weighted by atomic mass is 35.5. The topological polar surface area (TPSA) is 47.9 Å². The molecule has 0 aliphatic heterocycles. The second kappa shape index (κ2) is 8.15. The molecule has 2 aromatic rings. The monoisotopic (exact) mass is 329 g/mol. The third kappa shape index (κ3) is 5.27. The number of carbonyl (C=O) groups excluding carboxylic acids is 1. The fourth-order valence-corrected chi connectivity index (χ4v) is 1.84. The summed E-state index contributed by atoms with van der Waals surface area (Å²) in [6, 6.07) is 14.0. The molecule has 0 aromatic heterocycles. The van der Waals surface area contributed by atoms with E-state index in [1.165, 1.54) is 0 Å². The fourth-order valence-electron chi connectivity index (χ4n) is 1.71. The van der Waals surface area contributed by atoms with Crippen LogP contribution in [0.15, 0.2) is 59.8 Å². The van der Waals surface area contributed by atoms with Gasteiger partial charge in [-0.05, 0) is 55.0 Å². The molecule has 0 atom stereocenters. The van der Waals surface area contributed by atoms with Crippen LogP contribution in [0.3, 0.4) is 0 Å². The van der Waals surface area contributed by atoms with Crippen LogP contribution in [-0.2, 0) is 4.84 Å². The zero-order valence-electron chi connectivity index (χ0n) is 12.8. The fraction of sp³-hybridized carbons (Fsp3) is 0.111. The number of hydrogen-bond acceptors (Lipinski definition) is 4. The van der Waals surface area contributed by atoms with E-state index >= 15 is 0 Å². The molecule has 0 heterocycles. The maximum absolute atomic E-state index is 11.8. The average molecular weight is 330 g/mol. The summed E-state index contributed by atoms with van der Waals surface area (Å²) in [6.45, 7) is 1.75. The number of allylic oxidation sites excluding steroid dienone is 1. The molecule has 0 fully saturated rings. The number of carbonyl (C=O) groups is 1. The molecule has 0 N–H and O–H groups in total. The SMILES string of the molecule is COc1ccc(C=CC(C)=NOC(=O)c2ccc(Cl)cc2)cc1. The highest BCUT2D eigenvalue weighted by Crippen LogP contribution is 2.13. The molecular formula is C18H16ClNO3. The van der Waals surface area contributed by atoms with Gasteiger partial charge in [0.15, 0.2) is 0 Å². The largest absolute Gasteiger partial charge is 0.497 e. The van der Waals surface area contributed by atoms with Gasteiger partial charge in [0, 0.05) is 5.02 Å². The van der Waals surface area contributed by atoms with Crippen molar-refractivity contribution >= 4 is 29.4 Å². The molecular weight excluding hydrogens is 314 g/mol. The van der Waals surface area contributed by atoms with Crippen LogP contribution in [0.1, 0.15) is 22.8 Å². The van der Waals surface area contributed by atoms with E-state index in [4.69, 9.17) is 21.2 Å². The van der Waals surface area contributed by atoms with Gasteiger partial charge in [0.25, 0.3) is 0 Å². The normalized spacial score (nSPS) is 11.5. The molecule has 5 heteroatoms. The van der Waals surface area contributed by atoms with E-state index in [1.807, 2.05) is 30.3 Å². The molecule has 4 nitrogen and oxygen atoms in total. The first-order chi connectivity index (χ1) is 11.1. The Hall–Kier alpha value is -2.59. The number of oxime groups is 1. The van der Waals surface area contributed by atoms with Gasteiger partial charge in [0.2, 0.25) is 0 Å². The maximum atomic E-state index is 11.8. The lowest BCUT2D eigenvalue weighted by Gasteiger charge is -2.00. The van der Waals surface area contributed by atoms with Crippen LogP contribution in [0.2, 0.25) is 5.02 Å². The lowest BCUT2D eigenvalue weighted by atomic mass is 10.2. The van der Waals surface area contributed by atoms with Gasteiger partial charge >= 0.3 is 5.97 Å². The third-order valence-electron chi connectivity index (χ3n) is 2.99. The molecule has 2 rings (SSSR count). The molecule has 23 heavy (non-hydrogen) atoms. The van der Waals surface area contributed by atoms with E-state index in [0.717, 1.165) is 11.3 Å². The van der Waals surface area contributed by atoms with E-state index in [1.54, 1.807) is 44.4 Å². The minimum absolute atomic E-state index is 0.394. The number of hydrogen-bond donors (Lipinski definition) is 0. The van der Waals surface area contributed by atoms with Gasteiger partial charge in [-0.3, -0.25) is 0 Å². The lowest BCUT2D eigenvalue weighted by molar-refractivity contribution is 0.0516. The number of benzene rings is 2. The summed E-state index contributed by atoms with van der Waals surface area (Å²) in [4.78, 5) is 16.7. The van der Waals surface area contributed by atoms with Gasteiger partial charge in [-0.15, -0.1) is 0 Å². The van der Waals surface area contributed by atoms with Crippen molar-refractivity contribution in [3.8, 4) is 5.75 Å². The van der Waals surface area contributed by atoms with Crippen molar-refractivity contribution in [1.29, 1.82) is 0 Å². The highest BCUT2D eigenvalue weighted by Gasteiger charge is 2.06. The summed E-state index contributed by atoms with van der Waals surface area (Å²) in [6.07, 6.45) is 3.63. The van der Waals surface area contributed by atoms with Crippen LogP contribution >= 0.6 is 11.6 Å². The molecule has 0 unspecified atom stereocenters. The first-order valence-electron chi connectivity index (χ1n) is 6.92. The van der Waals surface area contributed by atoms with Gasteiger partial charge in [0.05, 0.1) is 18.4 Å². The Morgan fingerprint density at radius 3 is 2.35 bits per heavy atom. The Morgan fingerprint density at radius 1 is 1.09 bits per heavy atom. The Kier molecular flexibility index (Phi) is 5.94. The second-order valence-corrected chi connectivity index (χ2v) is 5.16. The van der Waals surface area contributed by atoms with Crippen molar-refractivity contribution in [3.63, 3.8) is 0 Å². The van der Waals surface area contributed by atoms with Crippen molar-refractivity contribution in [2.24, 2.45) is 5.16 Å². The predicted molar refractivity (Wildman–Crippen MR) is 92.0 cm³/mol. The third-order valence-corrected chi connectivity index (χ3v) is 3.24. The summed E-state index contributed by atoms with van der Waals surface area (Å²) >= 11 is 5.77. The van der Waals surface area contributed by atoms with E-state index < -0.39 is 5.97 Å². The molecule has 0 bridgehead atoms. The Balaban J connectivity index is 1.95. The molecule has 0 amide bonds. The summed E-state index contributed by atoms with van der Waals surface area (Å²) in [5, 5.41) is 4.35.